The van der Waals surface area contributed by atoms with Crippen LogP contribution in [0.15, 0.2) is 60.0 Å². The number of hydrogen-bond donors (Lipinski definition) is 0. The minimum absolute atomic E-state index is 0.0346. The van der Waals surface area contributed by atoms with Gasteiger partial charge in [0.25, 0.3) is 5.91 Å². The van der Waals surface area contributed by atoms with Gasteiger partial charge in [-0.3, -0.25) is 4.79 Å². The van der Waals surface area contributed by atoms with Crippen molar-refractivity contribution < 1.29 is 14.3 Å². The number of amides is 1. The van der Waals surface area contributed by atoms with Crippen LogP contribution in [0, 0.1) is 6.92 Å². The number of methoxy groups -OCH3 is 2. The Morgan fingerprint density at radius 1 is 0.963 bits per heavy atom. The van der Waals surface area contributed by atoms with Crippen LogP contribution in [0.2, 0.25) is 0 Å². The Kier molecular flexibility index (Phi) is 6.14. The molecule has 1 heterocycles. The van der Waals surface area contributed by atoms with E-state index in [1.165, 1.54) is 0 Å². The molecule has 5 heteroatoms. The summed E-state index contributed by atoms with van der Waals surface area (Å²) in [4.78, 5) is 16.3. The number of rotatable bonds is 7. The van der Waals surface area contributed by atoms with Crippen molar-refractivity contribution in [2.75, 3.05) is 14.2 Å². The topological polar surface area (TPSA) is 38.8 Å². The number of thiophene rings is 1. The molecule has 1 aromatic heterocycles. The predicted octanol–water partition coefficient (Wildman–Crippen LogP) is 4.92. The molecular formula is C22H23NO3S. The molecule has 0 atom stereocenters. The molecule has 0 spiro atoms. The van der Waals surface area contributed by atoms with Crippen molar-refractivity contribution in [3.05, 3.63) is 81.5 Å². The van der Waals surface area contributed by atoms with Gasteiger partial charge in [-0.1, -0.05) is 30.3 Å². The summed E-state index contributed by atoms with van der Waals surface area (Å²) in [7, 11) is 3.27. The second-order valence-electron chi connectivity index (χ2n) is 6.24. The van der Waals surface area contributed by atoms with Gasteiger partial charge >= 0.3 is 0 Å². The van der Waals surface area contributed by atoms with Crippen LogP contribution >= 0.6 is 11.3 Å². The number of carbonyl (C=O) groups excluding carboxylic acids is 1. The van der Waals surface area contributed by atoms with Crippen LogP contribution in [0.3, 0.4) is 0 Å². The smallest absolute Gasteiger partial charge is 0.254 e. The lowest BCUT2D eigenvalue weighted by Gasteiger charge is -2.24. The number of ether oxygens (including phenoxy) is 2. The Hall–Kier alpha value is -2.79. The maximum Gasteiger partial charge on any atom is 0.254 e. The van der Waals surface area contributed by atoms with Gasteiger partial charge in [-0.2, -0.15) is 0 Å². The van der Waals surface area contributed by atoms with E-state index < -0.39 is 0 Å². The van der Waals surface area contributed by atoms with Gasteiger partial charge < -0.3 is 14.4 Å². The molecular weight excluding hydrogens is 358 g/mol. The third-order valence-corrected chi connectivity index (χ3v) is 5.28. The van der Waals surface area contributed by atoms with Crippen molar-refractivity contribution in [3.63, 3.8) is 0 Å². The highest BCUT2D eigenvalue weighted by atomic mass is 32.1. The van der Waals surface area contributed by atoms with E-state index in [-0.39, 0.29) is 5.91 Å². The Balaban J connectivity index is 1.92. The Morgan fingerprint density at radius 2 is 1.74 bits per heavy atom. The second kappa shape index (κ2) is 8.73. The first-order valence-electron chi connectivity index (χ1n) is 8.70. The van der Waals surface area contributed by atoms with Gasteiger partial charge in [0.1, 0.15) is 11.5 Å². The highest BCUT2D eigenvalue weighted by Gasteiger charge is 2.19. The van der Waals surface area contributed by atoms with Crippen LogP contribution in [0.5, 0.6) is 11.5 Å². The Bertz CT molecular complexity index is 906. The van der Waals surface area contributed by atoms with Crippen molar-refractivity contribution in [1.82, 2.24) is 4.90 Å². The van der Waals surface area contributed by atoms with Crippen molar-refractivity contribution in [2.24, 2.45) is 0 Å². The van der Waals surface area contributed by atoms with Gasteiger partial charge in [-0.15, -0.1) is 11.3 Å². The highest BCUT2D eigenvalue weighted by molar-refractivity contribution is 7.09. The molecule has 0 fully saturated rings. The minimum atomic E-state index is -0.0346. The van der Waals surface area contributed by atoms with Gasteiger partial charge in [0.15, 0.2) is 0 Å². The van der Waals surface area contributed by atoms with Crippen LogP contribution in [0.1, 0.15) is 26.4 Å². The molecule has 4 nitrogen and oxygen atoms in total. The highest BCUT2D eigenvalue weighted by Crippen LogP contribution is 2.25. The van der Waals surface area contributed by atoms with E-state index in [0.29, 0.717) is 24.4 Å². The third-order valence-electron chi connectivity index (χ3n) is 4.42. The van der Waals surface area contributed by atoms with Crippen molar-refractivity contribution in [2.45, 2.75) is 20.0 Å². The molecule has 1 amide bonds. The van der Waals surface area contributed by atoms with E-state index in [4.69, 9.17) is 9.47 Å². The van der Waals surface area contributed by atoms with Crippen LogP contribution in [-0.4, -0.2) is 25.0 Å². The van der Waals surface area contributed by atoms with E-state index >= 15 is 0 Å². The number of hydrogen-bond acceptors (Lipinski definition) is 4. The molecule has 0 aliphatic carbocycles. The zero-order chi connectivity index (χ0) is 19.2. The summed E-state index contributed by atoms with van der Waals surface area (Å²) in [5.74, 6) is 1.46. The molecule has 0 unspecified atom stereocenters. The molecule has 140 valence electrons. The van der Waals surface area contributed by atoms with E-state index in [0.717, 1.165) is 21.8 Å². The van der Waals surface area contributed by atoms with E-state index in [9.17, 15) is 4.79 Å². The van der Waals surface area contributed by atoms with Crippen LogP contribution < -0.4 is 9.47 Å². The Labute approximate surface area is 164 Å². The normalized spacial score (nSPS) is 10.5. The van der Waals surface area contributed by atoms with E-state index in [1.807, 2.05) is 65.7 Å². The molecule has 2 aromatic carbocycles. The van der Waals surface area contributed by atoms with Crippen LogP contribution in [0.25, 0.3) is 0 Å². The molecule has 27 heavy (non-hydrogen) atoms. The summed E-state index contributed by atoms with van der Waals surface area (Å²) in [6.07, 6.45) is 0. The zero-order valence-corrected chi connectivity index (χ0v) is 16.6. The van der Waals surface area contributed by atoms with Crippen LogP contribution in [0.4, 0.5) is 0 Å². The maximum absolute atomic E-state index is 13.3. The van der Waals surface area contributed by atoms with Gasteiger partial charge in [0.2, 0.25) is 0 Å². The standard InChI is InChI=1S/C22H23NO3S/c1-16-10-11-17(13-21(16)26-3)22(24)23(15-19-8-6-12-27-19)14-18-7-4-5-9-20(18)25-2/h4-13H,14-15H2,1-3H3. The van der Waals surface area contributed by atoms with Gasteiger partial charge in [-0.05, 0) is 42.1 Å². The summed E-state index contributed by atoms with van der Waals surface area (Å²) in [5.41, 5.74) is 2.59. The molecule has 3 rings (SSSR count). The number of aryl methyl sites for hydroxylation is 1. The van der Waals surface area contributed by atoms with Gasteiger partial charge in [0, 0.05) is 16.0 Å². The fourth-order valence-corrected chi connectivity index (χ4v) is 3.68. The quantitative estimate of drug-likeness (QED) is 0.583. The first-order valence-corrected chi connectivity index (χ1v) is 9.58. The van der Waals surface area contributed by atoms with Gasteiger partial charge in [-0.25, -0.2) is 0 Å². The minimum Gasteiger partial charge on any atom is -0.496 e. The average molecular weight is 381 g/mol. The fraction of sp³-hybridized carbons (Fsp3) is 0.227. The molecule has 0 aliphatic rings. The lowest BCUT2D eigenvalue weighted by Crippen LogP contribution is -2.30. The molecule has 0 N–H and O–H groups in total. The second-order valence-corrected chi connectivity index (χ2v) is 7.27. The lowest BCUT2D eigenvalue weighted by molar-refractivity contribution is 0.0730. The maximum atomic E-state index is 13.3. The summed E-state index contributed by atoms with van der Waals surface area (Å²) >= 11 is 1.64. The number of benzene rings is 2. The Morgan fingerprint density at radius 3 is 2.44 bits per heavy atom. The van der Waals surface area contributed by atoms with Crippen molar-refractivity contribution in [1.29, 1.82) is 0 Å². The first-order chi connectivity index (χ1) is 13.1. The number of para-hydroxylation sites is 1. The fourth-order valence-electron chi connectivity index (χ4n) is 2.96. The number of nitrogens with zero attached hydrogens (tertiary/aromatic N) is 1. The molecule has 3 aromatic rings. The molecule has 0 aliphatic heterocycles. The molecule has 0 radical (unpaired) electrons. The van der Waals surface area contributed by atoms with E-state index in [2.05, 4.69) is 0 Å². The van der Waals surface area contributed by atoms with Crippen LogP contribution in [-0.2, 0) is 13.1 Å². The summed E-state index contributed by atoms with van der Waals surface area (Å²) < 4.78 is 10.9. The molecule has 0 bridgehead atoms. The summed E-state index contributed by atoms with van der Waals surface area (Å²) in [6.45, 7) is 2.98. The zero-order valence-electron chi connectivity index (χ0n) is 15.8. The lowest BCUT2D eigenvalue weighted by atomic mass is 10.1. The van der Waals surface area contributed by atoms with E-state index in [1.54, 1.807) is 31.6 Å². The van der Waals surface area contributed by atoms with Crippen molar-refractivity contribution in [3.8, 4) is 11.5 Å². The third kappa shape index (κ3) is 4.49. The summed E-state index contributed by atoms with van der Waals surface area (Å²) in [6, 6.07) is 17.4. The summed E-state index contributed by atoms with van der Waals surface area (Å²) in [5, 5.41) is 2.02. The SMILES string of the molecule is COc1cc(C(=O)N(Cc2cccs2)Cc2ccccc2OC)ccc1C. The average Bonchev–Trinajstić information content (AvgIpc) is 3.21. The predicted molar refractivity (Wildman–Crippen MR) is 109 cm³/mol. The molecule has 0 saturated carbocycles. The first kappa shape index (κ1) is 19.0. The van der Waals surface area contributed by atoms with Crippen molar-refractivity contribution >= 4 is 17.2 Å². The largest absolute Gasteiger partial charge is 0.496 e. The van der Waals surface area contributed by atoms with Gasteiger partial charge in [0.05, 0.1) is 27.3 Å². The molecule has 0 saturated heterocycles. The monoisotopic (exact) mass is 381 g/mol. The number of carbonyl (C=O) groups is 1.